The average Bonchev–Trinajstić information content (AvgIpc) is 2.69. The molecule has 2 aromatic rings. The molecule has 0 amide bonds. The van der Waals surface area contributed by atoms with Gasteiger partial charge in [-0.15, -0.1) is 5.10 Å². The van der Waals surface area contributed by atoms with E-state index in [0.717, 1.165) is 34.9 Å². The van der Waals surface area contributed by atoms with Gasteiger partial charge in [0.2, 0.25) is 0 Å². The Morgan fingerprint density at radius 1 is 1.50 bits per heavy atom. The summed E-state index contributed by atoms with van der Waals surface area (Å²) in [7, 11) is 0. The van der Waals surface area contributed by atoms with Crippen LogP contribution in [0, 0.1) is 11.3 Å². The van der Waals surface area contributed by atoms with Crippen molar-refractivity contribution in [3.8, 4) is 6.07 Å². The predicted octanol–water partition coefficient (Wildman–Crippen LogP) is 2.87. The second kappa shape index (κ2) is 4.62. The summed E-state index contributed by atoms with van der Waals surface area (Å²) in [5.74, 6) is 0. The van der Waals surface area contributed by atoms with Crippen molar-refractivity contribution in [3.05, 3.63) is 22.2 Å². The minimum Gasteiger partial charge on any atom is -0.243 e. The third-order valence-corrected chi connectivity index (χ3v) is 3.02. The van der Waals surface area contributed by atoms with E-state index in [1.165, 1.54) is 0 Å². The van der Waals surface area contributed by atoms with Gasteiger partial charge in [-0.25, -0.2) is 4.68 Å². The standard InChI is InChI=1S/C11H11BrN4/c1-2-3-4-16-11-9(12)5-8(7-13)6-10(11)14-15-16/h5-6H,2-4H2,1H3. The van der Waals surface area contributed by atoms with Gasteiger partial charge in [-0.2, -0.15) is 5.26 Å². The molecule has 0 saturated heterocycles. The van der Waals surface area contributed by atoms with E-state index in [1.807, 2.05) is 4.68 Å². The number of aryl methyl sites for hydroxylation is 1. The van der Waals surface area contributed by atoms with Crippen LogP contribution < -0.4 is 0 Å². The summed E-state index contributed by atoms with van der Waals surface area (Å²) >= 11 is 3.46. The molecule has 1 aromatic carbocycles. The molecule has 82 valence electrons. The second-order valence-electron chi connectivity index (χ2n) is 3.60. The third kappa shape index (κ3) is 1.93. The van der Waals surface area contributed by atoms with E-state index in [0.29, 0.717) is 5.56 Å². The maximum Gasteiger partial charge on any atom is 0.115 e. The monoisotopic (exact) mass is 278 g/mol. The van der Waals surface area contributed by atoms with Crippen molar-refractivity contribution in [2.45, 2.75) is 26.3 Å². The summed E-state index contributed by atoms with van der Waals surface area (Å²) in [4.78, 5) is 0. The molecular weight excluding hydrogens is 268 g/mol. The van der Waals surface area contributed by atoms with Gasteiger partial charge in [0.15, 0.2) is 0 Å². The first-order chi connectivity index (χ1) is 7.76. The SMILES string of the molecule is CCCCn1nnc2cc(C#N)cc(Br)c21. The second-order valence-corrected chi connectivity index (χ2v) is 4.46. The fourth-order valence-corrected chi connectivity index (χ4v) is 2.25. The largest absolute Gasteiger partial charge is 0.243 e. The number of rotatable bonds is 3. The van der Waals surface area contributed by atoms with Gasteiger partial charge in [0, 0.05) is 11.0 Å². The fourth-order valence-electron chi connectivity index (χ4n) is 1.59. The molecule has 1 heterocycles. The highest BCUT2D eigenvalue weighted by Gasteiger charge is 2.09. The normalized spacial score (nSPS) is 10.6. The number of unbranched alkanes of at least 4 members (excludes halogenated alkanes) is 1. The summed E-state index contributed by atoms with van der Waals surface area (Å²) in [6.07, 6.45) is 2.19. The molecular formula is C11H11BrN4. The van der Waals surface area contributed by atoms with E-state index in [-0.39, 0.29) is 0 Å². The van der Waals surface area contributed by atoms with Crippen molar-refractivity contribution in [3.63, 3.8) is 0 Å². The molecule has 0 atom stereocenters. The van der Waals surface area contributed by atoms with Crippen molar-refractivity contribution < 1.29 is 0 Å². The first-order valence-corrected chi connectivity index (χ1v) is 5.98. The van der Waals surface area contributed by atoms with Gasteiger partial charge >= 0.3 is 0 Å². The fraction of sp³-hybridized carbons (Fsp3) is 0.364. The zero-order valence-corrected chi connectivity index (χ0v) is 10.5. The Bertz CT molecular complexity index is 553. The van der Waals surface area contributed by atoms with Gasteiger partial charge in [-0.1, -0.05) is 18.6 Å². The maximum absolute atomic E-state index is 8.84. The van der Waals surface area contributed by atoms with Crippen LogP contribution >= 0.6 is 15.9 Å². The van der Waals surface area contributed by atoms with Crippen LogP contribution in [0.25, 0.3) is 11.0 Å². The van der Waals surface area contributed by atoms with E-state index in [1.54, 1.807) is 12.1 Å². The molecule has 0 aliphatic carbocycles. The first kappa shape index (κ1) is 11.1. The van der Waals surface area contributed by atoms with Crippen molar-refractivity contribution >= 4 is 27.0 Å². The minimum atomic E-state index is 0.599. The maximum atomic E-state index is 8.84. The van der Waals surface area contributed by atoms with Crippen molar-refractivity contribution in [1.82, 2.24) is 15.0 Å². The van der Waals surface area contributed by atoms with Gasteiger partial charge in [0.05, 0.1) is 11.6 Å². The van der Waals surface area contributed by atoms with Gasteiger partial charge < -0.3 is 0 Å². The Morgan fingerprint density at radius 2 is 2.31 bits per heavy atom. The lowest BCUT2D eigenvalue weighted by Gasteiger charge is -2.02. The van der Waals surface area contributed by atoms with Crippen molar-refractivity contribution in [1.29, 1.82) is 5.26 Å². The Kier molecular flexibility index (Phi) is 3.20. The minimum absolute atomic E-state index is 0.599. The molecule has 0 aliphatic heterocycles. The van der Waals surface area contributed by atoms with Gasteiger partial charge in [0.1, 0.15) is 11.0 Å². The Labute approximate surface area is 102 Å². The predicted molar refractivity (Wildman–Crippen MR) is 64.9 cm³/mol. The van der Waals surface area contributed by atoms with E-state index in [9.17, 15) is 0 Å². The van der Waals surface area contributed by atoms with Gasteiger partial charge in [-0.3, -0.25) is 0 Å². The highest BCUT2D eigenvalue weighted by Crippen LogP contribution is 2.24. The van der Waals surface area contributed by atoms with Crippen LogP contribution in [0.15, 0.2) is 16.6 Å². The molecule has 0 unspecified atom stereocenters. The van der Waals surface area contributed by atoms with Crippen LogP contribution in [0.5, 0.6) is 0 Å². The zero-order valence-electron chi connectivity index (χ0n) is 8.94. The molecule has 0 saturated carbocycles. The number of hydrogen-bond acceptors (Lipinski definition) is 3. The number of nitriles is 1. The molecule has 16 heavy (non-hydrogen) atoms. The Morgan fingerprint density at radius 3 is 3.00 bits per heavy atom. The topological polar surface area (TPSA) is 54.5 Å². The summed E-state index contributed by atoms with van der Waals surface area (Å²) in [6, 6.07) is 5.66. The van der Waals surface area contributed by atoms with Crippen LogP contribution in [0.4, 0.5) is 0 Å². The summed E-state index contributed by atoms with van der Waals surface area (Å²) in [5.41, 5.74) is 2.33. The Balaban J connectivity index is 2.51. The lowest BCUT2D eigenvalue weighted by atomic mass is 10.2. The van der Waals surface area contributed by atoms with E-state index >= 15 is 0 Å². The number of hydrogen-bond donors (Lipinski definition) is 0. The van der Waals surface area contributed by atoms with Gasteiger partial charge in [0.25, 0.3) is 0 Å². The molecule has 2 rings (SSSR count). The molecule has 4 nitrogen and oxygen atoms in total. The number of benzene rings is 1. The molecule has 5 heteroatoms. The quantitative estimate of drug-likeness (QED) is 0.868. The molecule has 0 N–H and O–H groups in total. The molecule has 0 radical (unpaired) electrons. The van der Waals surface area contributed by atoms with Crippen LogP contribution in [-0.2, 0) is 6.54 Å². The van der Waals surface area contributed by atoms with Crippen LogP contribution in [0.2, 0.25) is 0 Å². The molecule has 0 spiro atoms. The molecule has 1 aromatic heterocycles. The number of nitrogens with zero attached hydrogens (tertiary/aromatic N) is 4. The highest BCUT2D eigenvalue weighted by atomic mass is 79.9. The summed E-state index contributed by atoms with van der Waals surface area (Å²) < 4.78 is 2.76. The summed E-state index contributed by atoms with van der Waals surface area (Å²) in [5, 5.41) is 17.0. The smallest absolute Gasteiger partial charge is 0.115 e. The number of aromatic nitrogens is 3. The van der Waals surface area contributed by atoms with E-state index < -0.39 is 0 Å². The molecule has 0 fully saturated rings. The molecule has 0 aliphatic rings. The Hall–Kier alpha value is -1.41. The lowest BCUT2D eigenvalue weighted by Crippen LogP contribution is -2.00. The van der Waals surface area contributed by atoms with Crippen molar-refractivity contribution in [2.75, 3.05) is 0 Å². The van der Waals surface area contributed by atoms with Crippen LogP contribution in [0.3, 0.4) is 0 Å². The summed E-state index contributed by atoms with van der Waals surface area (Å²) in [6.45, 7) is 3.00. The van der Waals surface area contributed by atoms with Crippen LogP contribution in [0.1, 0.15) is 25.3 Å². The number of halogens is 1. The zero-order chi connectivity index (χ0) is 11.5. The van der Waals surface area contributed by atoms with E-state index in [2.05, 4.69) is 39.2 Å². The third-order valence-electron chi connectivity index (χ3n) is 2.41. The highest BCUT2D eigenvalue weighted by molar-refractivity contribution is 9.10. The molecule has 0 bridgehead atoms. The first-order valence-electron chi connectivity index (χ1n) is 5.19. The van der Waals surface area contributed by atoms with Gasteiger partial charge in [-0.05, 0) is 34.5 Å². The van der Waals surface area contributed by atoms with Crippen LogP contribution in [-0.4, -0.2) is 15.0 Å². The lowest BCUT2D eigenvalue weighted by molar-refractivity contribution is 0.567. The van der Waals surface area contributed by atoms with E-state index in [4.69, 9.17) is 5.26 Å². The van der Waals surface area contributed by atoms with Crippen molar-refractivity contribution in [2.24, 2.45) is 0 Å². The average molecular weight is 279 g/mol. The number of fused-ring (bicyclic) bond motifs is 1.